The molecule has 1 heterocycles. The molecule has 0 fully saturated rings. The molecule has 1 aromatic carbocycles. The van der Waals surface area contributed by atoms with Crippen molar-refractivity contribution in [1.82, 2.24) is 4.98 Å². The fraction of sp³-hybridized carbons (Fsp3) is 0. The first-order valence-corrected chi connectivity index (χ1v) is 5.52. The van der Waals surface area contributed by atoms with Crippen molar-refractivity contribution in [3.63, 3.8) is 0 Å². The van der Waals surface area contributed by atoms with E-state index in [1.807, 2.05) is 0 Å². The number of rotatable bonds is 2. The summed E-state index contributed by atoms with van der Waals surface area (Å²) in [5, 5.41) is 1.93. The molecule has 0 spiro atoms. The van der Waals surface area contributed by atoms with Crippen molar-refractivity contribution in [1.29, 1.82) is 0 Å². The quantitative estimate of drug-likeness (QED) is 0.833. The first-order valence-electron chi connectivity index (χ1n) is 5.15. The molecule has 0 saturated heterocycles. The maximum absolute atomic E-state index is 13.5. The van der Waals surface area contributed by atoms with Crippen LogP contribution in [-0.2, 0) is 0 Å². The van der Waals surface area contributed by atoms with Crippen molar-refractivity contribution in [3.8, 4) is 0 Å². The van der Waals surface area contributed by atoms with E-state index in [1.54, 1.807) is 0 Å². The molecule has 98 valence electrons. The van der Waals surface area contributed by atoms with Gasteiger partial charge in [-0.15, -0.1) is 0 Å². The van der Waals surface area contributed by atoms with Crippen molar-refractivity contribution in [2.45, 2.75) is 0 Å². The molecular formula is C12H8ClF2N3O. The van der Waals surface area contributed by atoms with Crippen LogP contribution in [0.2, 0.25) is 5.02 Å². The van der Waals surface area contributed by atoms with Crippen LogP contribution in [-0.4, -0.2) is 10.9 Å². The minimum Gasteiger partial charge on any atom is -0.397 e. The van der Waals surface area contributed by atoms with Gasteiger partial charge in [0.15, 0.2) is 0 Å². The number of benzene rings is 1. The Hall–Kier alpha value is -2.21. The summed E-state index contributed by atoms with van der Waals surface area (Å²) in [5.74, 6) is -2.45. The number of aromatic nitrogens is 1. The number of nitrogen functional groups attached to an aromatic ring is 1. The lowest BCUT2D eigenvalue weighted by Crippen LogP contribution is -2.15. The Bertz CT molecular complexity index is 632. The average molecular weight is 284 g/mol. The first kappa shape index (κ1) is 13.2. The maximum atomic E-state index is 13.5. The summed E-state index contributed by atoms with van der Waals surface area (Å²) in [6.07, 6.45) is 1.33. The number of carbonyl (C=O) groups is 1. The molecule has 2 aromatic rings. The highest BCUT2D eigenvalue weighted by atomic mass is 35.5. The fourth-order valence-electron chi connectivity index (χ4n) is 1.36. The Balaban J connectivity index is 2.25. The summed E-state index contributed by atoms with van der Waals surface area (Å²) in [6.45, 7) is 0. The topological polar surface area (TPSA) is 68.0 Å². The van der Waals surface area contributed by atoms with E-state index in [2.05, 4.69) is 10.3 Å². The number of hydrogen-bond donors (Lipinski definition) is 2. The molecule has 0 aliphatic heterocycles. The molecular weight excluding hydrogens is 276 g/mol. The fourth-order valence-corrected chi connectivity index (χ4v) is 1.51. The Kier molecular flexibility index (Phi) is 3.62. The van der Waals surface area contributed by atoms with Gasteiger partial charge in [0.1, 0.15) is 17.5 Å². The zero-order valence-corrected chi connectivity index (χ0v) is 10.2. The van der Waals surface area contributed by atoms with Crippen LogP contribution in [0.5, 0.6) is 0 Å². The molecule has 2 rings (SSSR count). The van der Waals surface area contributed by atoms with Crippen LogP contribution < -0.4 is 11.1 Å². The van der Waals surface area contributed by atoms with Gasteiger partial charge in [-0.1, -0.05) is 11.6 Å². The number of carbonyl (C=O) groups excluding carboxylic acids is 1. The van der Waals surface area contributed by atoms with Gasteiger partial charge in [0.2, 0.25) is 0 Å². The Morgan fingerprint density at radius 2 is 2.00 bits per heavy atom. The molecule has 19 heavy (non-hydrogen) atoms. The summed E-state index contributed by atoms with van der Waals surface area (Å²) in [6, 6.07) is 4.42. The second kappa shape index (κ2) is 5.19. The summed E-state index contributed by atoms with van der Waals surface area (Å²) in [4.78, 5) is 15.6. The molecule has 0 atom stereocenters. The van der Waals surface area contributed by atoms with Crippen molar-refractivity contribution >= 4 is 29.0 Å². The second-order valence-electron chi connectivity index (χ2n) is 3.68. The van der Waals surface area contributed by atoms with Crippen molar-refractivity contribution in [2.24, 2.45) is 0 Å². The van der Waals surface area contributed by atoms with Crippen LogP contribution in [0.4, 0.5) is 20.3 Å². The monoisotopic (exact) mass is 283 g/mol. The van der Waals surface area contributed by atoms with E-state index < -0.39 is 23.1 Å². The number of nitrogens with two attached hydrogens (primary N) is 1. The number of nitrogens with one attached hydrogen (secondary N) is 1. The molecule has 4 nitrogen and oxygen atoms in total. The predicted octanol–water partition coefficient (Wildman–Crippen LogP) is 2.85. The first-order chi connectivity index (χ1) is 8.97. The smallest absolute Gasteiger partial charge is 0.259 e. The Labute approximate surface area is 112 Å². The Morgan fingerprint density at radius 1 is 1.26 bits per heavy atom. The van der Waals surface area contributed by atoms with Gasteiger partial charge in [0.25, 0.3) is 5.91 Å². The molecule has 0 aliphatic carbocycles. The van der Waals surface area contributed by atoms with Gasteiger partial charge in [0, 0.05) is 0 Å². The van der Waals surface area contributed by atoms with Crippen LogP contribution in [0.3, 0.4) is 0 Å². The van der Waals surface area contributed by atoms with E-state index >= 15 is 0 Å². The largest absolute Gasteiger partial charge is 0.397 e. The van der Waals surface area contributed by atoms with Gasteiger partial charge in [-0.2, -0.15) is 0 Å². The van der Waals surface area contributed by atoms with Crippen molar-refractivity contribution in [2.75, 3.05) is 11.1 Å². The van der Waals surface area contributed by atoms with Crippen LogP contribution >= 0.6 is 11.6 Å². The van der Waals surface area contributed by atoms with Gasteiger partial charge in [-0.3, -0.25) is 4.79 Å². The summed E-state index contributed by atoms with van der Waals surface area (Å²) < 4.78 is 26.7. The van der Waals surface area contributed by atoms with Crippen molar-refractivity contribution in [3.05, 3.63) is 52.7 Å². The molecule has 0 radical (unpaired) electrons. The number of hydrogen-bond acceptors (Lipinski definition) is 3. The lowest BCUT2D eigenvalue weighted by atomic mass is 10.2. The Morgan fingerprint density at radius 3 is 2.63 bits per heavy atom. The van der Waals surface area contributed by atoms with Crippen molar-refractivity contribution < 1.29 is 13.6 Å². The normalized spacial score (nSPS) is 10.3. The SMILES string of the molecule is Nc1ccc(NC(=O)c2cc(F)c(Cl)cc2F)nc1. The van der Waals surface area contributed by atoms with Gasteiger partial charge in [-0.25, -0.2) is 13.8 Å². The molecule has 1 amide bonds. The van der Waals surface area contributed by atoms with Gasteiger partial charge in [0.05, 0.1) is 22.5 Å². The van der Waals surface area contributed by atoms with E-state index in [9.17, 15) is 13.6 Å². The van der Waals surface area contributed by atoms with Gasteiger partial charge < -0.3 is 11.1 Å². The molecule has 1 aromatic heterocycles. The van der Waals surface area contributed by atoms with Gasteiger partial charge in [-0.05, 0) is 24.3 Å². The predicted molar refractivity (Wildman–Crippen MR) is 68.0 cm³/mol. The maximum Gasteiger partial charge on any atom is 0.259 e. The van der Waals surface area contributed by atoms with E-state index in [-0.39, 0.29) is 10.8 Å². The lowest BCUT2D eigenvalue weighted by molar-refractivity contribution is 0.102. The minimum atomic E-state index is -0.917. The minimum absolute atomic E-state index is 0.175. The summed E-state index contributed by atoms with van der Waals surface area (Å²) >= 11 is 5.40. The number of anilines is 2. The van der Waals surface area contributed by atoms with Crippen LogP contribution in [0, 0.1) is 11.6 Å². The molecule has 0 aliphatic rings. The molecule has 0 bridgehead atoms. The van der Waals surface area contributed by atoms with Crippen LogP contribution in [0.1, 0.15) is 10.4 Å². The molecule has 3 N–H and O–H groups in total. The molecule has 7 heteroatoms. The number of halogens is 3. The average Bonchev–Trinajstić information content (AvgIpc) is 2.36. The molecule has 0 unspecified atom stereocenters. The number of pyridine rings is 1. The van der Waals surface area contributed by atoms with E-state index in [0.717, 1.165) is 12.1 Å². The standard InChI is InChI=1S/C12H8ClF2N3O/c13-8-4-9(14)7(3-10(8)15)12(19)18-11-2-1-6(16)5-17-11/h1-5H,16H2,(H,17,18,19). The highest BCUT2D eigenvalue weighted by molar-refractivity contribution is 6.30. The van der Waals surface area contributed by atoms with Gasteiger partial charge >= 0.3 is 0 Å². The second-order valence-corrected chi connectivity index (χ2v) is 4.08. The number of amides is 1. The van der Waals surface area contributed by atoms with E-state index in [0.29, 0.717) is 5.69 Å². The number of nitrogens with zero attached hydrogens (tertiary/aromatic N) is 1. The van der Waals surface area contributed by atoms with E-state index in [4.69, 9.17) is 17.3 Å². The zero-order chi connectivity index (χ0) is 14.0. The third-order valence-corrected chi connectivity index (χ3v) is 2.57. The van der Waals surface area contributed by atoms with E-state index in [1.165, 1.54) is 18.3 Å². The van der Waals surface area contributed by atoms with Crippen LogP contribution in [0.25, 0.3) is 0 Å². The van der Waals surface area contributed by atoms with Crippen LogP contribution in [0.15, 0.2) is 30.5 Å². The summed E-state index contributed by atoms with van der Waals surface area (Å²) in [5.41, 5.74) is 5.39. The third-order valence-electron chi connectivity index (χ3n) is 2.28. The highest BCUT2D eigenvalue weighted by Gasteiger charge is 2.15. The molecule has 0 saturated carbocycles. The summed E-state index contributed by atoms with van der Waals surface area (Å²) in [7, 11) is 0. The highest BCUT2D eigenvalue weighted by Crippen LogP contribution is 2.20. The zero-order valence-electron chi connectivity index (χ0n) is 9.45. The lowest BCUT2D eigenvalue weighted by Gasteiger charge is -2.06. The third kappa shape index (κ3) is 2.97.